The Bertz CT molecular complexity index is 1070. The minimum atomic E-state index is -0.712. The topological polar surface area (TPSA) is 73.9 Å². The number of esters is 1. The number of hydrogen-bond acceptors (Lipinski definition) is 6. The van der Waals surface area contributed by atoms with Crippen molar-refractivity contribution in [3.63, 3.8) is 0 Å². The molecule has 2 aromatic carbocycles. The van der Waals surface area contributed by atoms with Gasteiger partial charge in [-0.05, 0) is 36.1 Å². The highest BCUT2D eigenvalue weighted by molar-refractivity contribution is 6.00. The van der Waals surface area contributed by atoms with Gasteiger partial charge in [-0.3, -0.25) is 9.59 Å². The van der Waals surface area contributed by atoms with E-state index in [2.05, 4.69) is 11.9 Å². The molecule has 6 heteroatoms. The van der Waals surface area contributed by atoms with Crippen molar-refractivity contribution >= 4 is 11.8 Å². The van der Waals surface area contributed by atoms with Crippen LogP contribution in [0.5, 0.6) is 11.5 Å². The molecular weight excluding hydrogens is 406 g/mol. The molecule has 4 rings (SSSR count). The molecule has 0 saturated heterocycles. The summed E-state index contributed by atoms with van der Waals surface area (Å²) in [7, 11) is 2.93. The van der Waals surface area contributed by atoms with Gasteiger partial charge < -0.3 is 19.5 Å². The van der Waals surface area contributed by atoms with Gasteiger partial charge in [0.2, 0.25) is 0 Å². The number of Topliss-reactive ketones (excluding diaryl/α,β-unsaturated/α-hetero) is 1. The third kappa shape index (κ3) is 4.13. The minimum Gasteiger partial charge on any atom is -0.493 e. The van der Waals surface area contributed by atoms with Gasteiger partial charge in [0.15, 0.2) is 17.3 Å². The smallest absolute Gasteiger partial charge is 0.315 e. The average Bonchev–Trinajstić information content (AvgIpc) is 2.82. The van der Waals surface area contributed by atoms with E-state index in [9.17, 15) is 9.59 Å². The van der Waals surface area contributed by atoms with Crippen LogP contribution in [0.4, 0.5) is 0 Å². The maximum atomic E-state index is 13.0. The Morgan fingerprint density at radius 3 is 2.59 bits per heavy atom. The number of ether oxygens (including phenoxy) is 3. The third-order valence-electron chi connectivity index (χ3n) is 6.03. The molecule has 1 N–H and O–H groups in total. The summed E-state index contributed by atoms with van der Waals surface area (Å²) in [6.45, 7) is 4.44. The monoisotopic (exact) mass is 433 g/mol. The summed E-state index contributed by atoms with van der Waals surface area (Å²) in [5.41, 5.74) is 3.83. The van der Waals surface area contributed by atoms with E-state index in [1.807, 2.05) is 48.5 Å². The van der Waals surface area contributed by atoms with Crippen molar-refractivity contribution in [1.82, 2.24) is 5.32 Å². The maximum Gasteiger partial charge on any atom is 0.315 e. The second-order valence-corrected chi connectivity index (χ2v) is 7.98. The molecule has 0 bridgehead atoms. The van der Waals surface area contributed by atoms with E-state index in [0.717, 1.165) is 29.7 Å². The highest BCUT2D eigenvalue weighted by Gasteiger charge is 2.43. The first-order chi connectivity index (χ1) is 15.5. The summed E-state index contributed by atoms with van der Waals surface area (Å²) in [5.74, 6) is -0.462. The van der Waals surface area contributed by atoms with Gasteiger partial charge in [-0.2, -0.15) is 0 Å². The summed E-state index contributed by atoms with van der Waals surface area (Å²) in [6.07, 6.45) is 1.99. The predicted molar refractivity (Wildman–Crippen MR) is 120 cm³/mol. The SMILES string of the molecule is C=C1NC2=C(C(=O)CCC2)C(c2ccc(OC)c(OCc3ccccc3)c2)C1C(=O)OC. The van der Waals surface area contributed by atoms with Crippen molar-refractivity contribution in [2.75, 3.05) is 14.2 Å². The van der Waals surface area contributed by atoms with Crippen LogP contribution in [0.25, 0.3) is 0 Å². The van der Waals surface area contributed by atoms with Crippen LogP contribution in [-0.2, 0) is 20.9 Å². The van der Waals surface area contributed by atoms with Crippen LogP contribution in [0.15, 0.2) is 72.1 Å². The molecule has 6 nitrogen and oxygen atoms in total. The Morgan fingerprint density at radius 1 is 1.09 bits per heavy atom. The number of carbonyl (C=O) groups is 2. The molecule has 1 aliphatic carbocycles. The molecule has 1 heterocycles. The molecule has 2 atom stereocenters. The van der Waals surface area contributed by atoms with Crippen LogP contribution in [0.3, 0.4) is 0 Å². The van der Waals surface area contributed by atoms with Gasteiger partial charge in [0.05, 0.1) is 14.2 Å². The van der Waals surface area contributed by atoms with Gasteiger partial charge in [-0.1, -0.05) is 43.0 Å². The van der Waals surface area contributed by atoms with Crippen molar-refractivity contribution in [2.24, 2.45) is 5.92 Å². The molecule has 2 aliphatic rings. The van der Waals surface area contributed by atoms with Crippen molar-refractivity contribution in [1.29, 1.82) is 0 Å². The highest BCUT2D eigenvalue weighted by Crippen LogP contribution is 2.46. The first kappa shape index (κ1) is 21.7. The van der Waals surface area contributed by atoms with E-state index < -0.39 is 17.8 Å². The number of hydrogen-bond donors (Lipinski definition) is 1. The molecule has 166 valence electrons. The minimum absolute atomic E-state index is 0.0488. The van der Waals surface area contributed by atoms with Crippen molar-refractivity contribution in [2.45, 2.75) is 31.8 Å². The summed E-state index contributed by atoms with van der Waals surface area (Å²) in [4.78, 5) is 25.7. The first-order valence-electron chi connectivity index (χ1n) is 10.7. The van der Waals surface area contributed by atoms with Crippen LogP contribution in [-0.4, -0.2) is 26.0 Å². The van der Waals surface area contributed by atoms with E-state index in [-0.39, 0.29) is 5.78 Å². The molecule has 0 saturated carbocycles. The number of allylic oxidation sites excluding steroid dienone is 2. The van der Waals surface area contributed by atoms with Gasteiger partial charge in [-0.25, -0.2) is 0 Å². The molecule has 0 radical (unpaired) electrons. The lowest BCUT2D eigenvalue weighted by atomic mass is 9.71. The highest BCUT2D eigenvalue weighted by atomic mass is 16.5. The van der Waals surface area contributed by atoms with Crippen LogP contribution < -0.4 is 14.8 Å². The number of ketones is 1. The molecule has 0 aromatic heterocycles. The molecule has 2 unspecified atom stereocenters. The molecule has 2 aromatic rings. The van der Waals surface area contributed by atoms with Gasteiger partial charge in [0, 0.05) is 29.3 Å². The zero-order chi connectivity index (χ0) is 22.7. The van der Waals surface area contributed by atoms with E-state index in [1.165, 1.54) is 7.11 Å². The van der Waals surface area contributed by atoms with Crippen molar-refractivity contribution in [3.8, 4) is 11.5 Å². The lowest BCUT2D eigenvalue weighted by molar-refractivity contribution is -0.144. The fourth-order valence-electron chi connectivity index (χ4n) is 4.49. The second-order valence-electron chi connectivity index (χ2n) is 7.98. The largest absolute Gasteiger partial charge is 0.493 e. The summed E-state index contributed by atoms with van der Waals surface area (Å²) in [6, 6.07) is 15.4. The molecule has 32 heavy (non-hydrogen) atoms. The third-order valence-corrected chi connectivity index (χ3v) is 6.03. The van der Waals surface area contributed by atoms with Crippen LogP contribution in [0.1, 0.15) is 36.3 Å². The lowest BCUT2D eigenvalue weighted by Gasteiger charge is -2.38. The predicted octanol–water partition coefficient (Wildman–Crippen LogP) is 4.27. The van der Waals surface area contributed by atoms with E-state index in [4.69, 9.17) is 14.2 Å². The summed E-state index contributed by atoms with van der Waals surface area (Å²) < 4.78 is 16.6. The van der Waals surface area contributed by atoms with Crippen molar-refractivity contribution in [3.05, 3.63) is 83.2 Å². The van der Waals surface area contributed by atoms with E-state index >= 15 is 0 Å². The van der Waals surface area contributed by atoms with E-state index in [0.29, 0.717) is 35.8 Å². The normalized spacial score (nSPS) is 20.3. The zero-order valence-corrected chi connectivity index (χ0v) is 18.4. The number of rotatable bonds is 6. The molecule has 0 amide bonds. The molecule has 0 spiro atoms. The number of carbonyl (C=O) groups excluding carboxylic acids is 2. The number of methoxy groups -OCH3 is 2. The van der Waals surface area contributed by atoms with Crippen LogP contribution in [0.2, 0.25) is 0 Å². The Balaban J connectivity index is 1.76. The van der Waals surface area contributed by atoms with Crippen molar-refractivity contribution < 1.29 is 23.8 Å². The summed E-state index contributed by atoms with van der Waals surface area (Å²) in [5, 5.41) is 3.21. The van der Waals surface area contributed by atoms with Crippen LogP contribution >= 0.6 is 0 Å². The number of benzene rings is 2. The molecule has 0 fully saturated rings. The Morgan fingerprint density at radius 2 is 1.88 bits per heavy atom. The van der Waals surface area contributed by atoms with Gasteiger partial charge in [-0.15, -0.1) is 0 Å². The zero-order valence-electron chi connectivity index (χ0n) is 18.4. The second kappa shape index (κ2) is 9.30. The maximum absolute atomic E-state index is 13.0. The standard InChI is InChI=1S/C26H27NO5/c1-16-23(26(29)31-3)24(25-19(27-16)10-7-11-20(25)28)18-12-13-21(30-2)22(14-18)32-15-17-8-5-4-6-9-17/h4-6,8-9,12-14,23-24,27H,1,7,10-11,15H2,2-3H3. The molecular formula is C26H27NO5. The quantitative estimate of drug-likeness (QED) is 0.686. The Kier molecular flexibility index (Phi) is 6.30. The summed E-state index contributed by atoms with van der Waals surface area (Å²) >= 11 is 0. The Hall–Kier alpha value is -3.54. The average molecular weight is 434 g/mol. The van der Waals surface area contributed by atoms with Gasteiger partial charge in [0.1, 0.15) is 12.5 Å². The number of nitrogens with one attached hydrogen (secondary N) is 1. The first-order valence-corrected chi connectivity index (χ1v) is 10.7. The van der Waals surface area contributed by atoms with Gasteiger partial charge >= 0.3 is 5.97 Å². The fraction of sp³-hybridized carbons (Fsp3) is 0.308. The fourth-order valence-corrected chi connectivity index (χ4v) is 4.49. The van der Waals surface area contributed by atoms with Crippen LogP contribution in [0, 0.1) is 5.92 Å². The van der Waals surface area contributed by atoms with E-state index in [1.54, 1.807) is 7.11 Å². The lowest BCUT2D eigenvalue weighted by Crippen LogP contribution is -2.40. The molecule has 1 aliphatic heterocycles. The Labute approximate surface area is 187 Å². The van der Waals surface area contributed by atoms with Gasteiger partial charge in [0.25, 0.3) is 0 Å².